The lowest BCUT2D eigenvalue weighted by molar-refractivity contribution is -0.238. The van der Waals surface area contributed by atoms with Crippen molar-refractivity contribution < 1.29 is 73.2 Å². The van der Waals surface area contributed by atoms with Gasteiger partial charge in [-0.05, 0) is 126 Å². The third-order valence-electron chi connectivity index (χ3n) is 15.1. The second kappa shape index (κ2) is 30.7. The Bertz CT molecular complexity index is 1830. The number of hydrogen-bond donors (Lipinski definition) is 5. The topological polar surface area (TPSA) is 236 Å². The minimum atomic E-state index is -1.89. The molecular weight excluding hydrogens is 915 g/mol. The number of carboxylic acids is 1. The van der Waals surface area contributed by atoms with E-state index in [0.29, 0.717) is 62.4 Å². The van der Waals surface area contributed by atoms with E-state index in [1.54, 1.807) is 27.0 Å². The van der Waals surface area contributed by atoms with E-state index < -0.39 is 84.4 Å². The molecule has 3 rings (SSSR count). The molecule has 0 aromatic rings. The number of amides is 1. The average molecular weight is 1000 g/mol. The predicted octanol–water partition coefficient (Wildman–Crippen LogP) is 6.36. The molecule has 1 saturated carbocycles. The zero-order valence-corrected chi connectivity index (χ0v) is 44.3. The van der Waals surface area contributed by atoms with Crippen LogP contribution in [0, 0.1) is 41.4 Å². The Balaban J connectivity index is 1.57. The zero-order chi connectivity index (χ0) is 53.0. The first-order chi connectivity index (χ1) is 33.6. The molecule has 0 radical (unpaired) electrons. The van der Waals surface area contributed by atoms with Gasteiger partial charge >= 0.3 is 5.97 Å². The van der Waals surface area contributed by atoms with E-state index in [1.165, 1.54) is 14.2 Å². The van der Waals surface area contributed by atoms with Gasteiger partial charge in [0.25, 0.3) is 11.7 Å². The van der Waals surface area contributed by atoms with E-state index in [1.807, 2.05) is 58.1 Å². The number of Topliss-reactive ketones (excluding diaryl/α,β-unsaturated/α-hetero) is 3. The molecule has 1 amide bonds. The second-order valence-corrected chi connectivity index (χ2v) is 21.0. The van der Waals surface area contributed by atoms with Crippen molar-refractivity contribution in [2.45, 2.75) is 180 Å². The van der Waals surface area contributed by atoms with Gasteiger partial charge in [0, 0.05) is 52.0 Å². The van der Waals surface area contributed by atoms with Crippen LogP contribution in [0.4, 0.5) is 0 Å². The van der Waals surface area contributed by atoms with Gasteiger partial charge in [-0.1, -0.05) is 71.1 Å². The summed E-state index contributed by atoms with van der Waals surface area (Å²) in [5.41, 5.74) is 1.34. The van der Waals surface area contributed by atoms with Crippen LogP contribution in [-0.2, 0) is 47.7 Å². The molecule has 0 aromatic heterocycles. The molecule has 2 aliphatic heterocycles. The Labute approximate surface area is 423 Å². The van der Waals surface area contributed by atoms with Crippen molar-refractivity contribution >= 4 is 29.2 Å². The number of aliphatic carboxylic acids is 1. The number of hydrogen-bond acceptors (Lipinski definition) is 14. The smallest absolute Gasteiger partial charge is 0.326 e. The predicted molar refractivity (Wildman–Crippen MR) is 269 cm³/mol. The summed E-state index contributed by atoms with van der Waals surface area (Å²) in [6.45, 7) is 12.8. The molecule has 0 spiro atoms. The lowest BCUT2D eigenvalue weighted by Gasteiger charge is -2.38. The Morgan fingerprint density at radius 3 is 2.24 bits per heavy atom. The van der Waals surface area contributed by atoms with Gasteiger partial charge in [0.1, 0.15) is 30.1 Å². The fourth-order valence-corrected chi connectivity index (χ4v) is 10.5. The normalized spacial score (nSPS) is 28.4. The van der Waals surface area contributed by atoms with Crippen molar-refractivity contribution in [1.82, 2.24) is 4.90 Å². The van der Waals surface area contributed by atoms with Crippen LogP contribution < -0.4 is 0 Å². The van der Waals surface area contributed by atoms with Crippen molar-refractivity contribution in [1.29, 1.82) is 0 Å². The highest BCUT2D eigenvalue weighted by Gasteiger charge is 2.52. The molecule has 3 aliphatic rings. The molecule has 1 aliphatic carbocycles. The number of piperidine rings is 1. The standard InChI is InChI=1S/C55H89NO15/c1-34(26-38(5)49(61)51(68-9)50(62)39(6)28-37(4)45(59)23-19-35(2)27-41-22-24-46(60)48(29-41)67-8)16-12-11-13-17-36(3)47(70-33-43(58)31-57)30-42-21-20-40(7)55(69-10,71-32-42)52(63)53(64)56-25-15-14-18-44(56)54(65)66/h11-13,16-17,28,34-35,37-38,40-44,46-48,50-51,57-58,60,62H,14-15,18-27,29-33H2,1-10H3,(H,65,66)/b13-11+,16-12+,36-17+,39-28+/t34-,35+,37-,38-,40-,41+,42-,43?,44+,46-,47?,48-,50-,51+,55-/m1/s1. The van der Waals surface area contributed by atoms with Gasteiger partial charge in [0.2, 0.25) is 5.79 Å². The Morgan fingerprint density at radius 2 is 1.59 bits per heavy atom. The van der Waals surface area contributed by atoms with Gasteiger partial charge < -0.3 is 54.1 Å². The summed E-state index contributed by atoms with van der Waals surface area (Å²) in [5, 5.41) is 50.8. The number of rotatable bonds is 29. The monoisotopic (exact) mass is 1000 g/mol. The third-order valence-corrected chi connectivity index (χ3v) is 15.1. The molecule has 0 aromatic carbocycles. The quantitative estimate of drug-likeness (QED) is 0.0312. The highest BCUT2D eigenvalue weighted by Crippen LogP contribution is 2.37. The van der Waals surface area contributed by atoms with Gasteiger partial charge in [-0.15, -0.1) is 0 Å². The highest BCUT2D eigenvalue weighted by atomic mass is 16.7. The molecule has 2 unspecified atom stereocenters. The van der Waals surface area contributed by atoms with E-state index in [0.717, 1.165) is 42.6 Å². The molecule has 2 saturated heterocycles. The minimum absolute atomic E-state index is 0.00496. The second-order valence-electron chi connectivity index (χ2n) is 21.0. The molecule has 5 N–H and O–H groups in total. The maximum Gasteiger partial charge on any atom is 0.326 e. The number of methoxy groups -OCH3 is 3. The highest BCUT2D eigenvalue weighted by molar-refractivity contribution is 6.39. The number of nitrogens with zero attached hydrogens (tertiary/aromatic N) is 1. The number of allylic oxidation sites excluding steroid dienone is 6. The molecule has 16 heteroatoms. The van der Waals surface area contributed by atoms with Crippen molar-refractivity contribution in [2.75, 3.05) is 47.7 Å². The van der Waals surface area contributed by atoms with E-state index in [9.17, 15) is 49.5 Å². The largest absolute Gasteiger partial charge is 0.480 e. The Hall–Kier alpha value is -3.45. The van der Waals surface area contributed by atoms with Gasteiger partial charge in [0.05, 0.1) is 38.1 Å². The number of carbonyl (C=O) groups excluding carboxylic acids is 4. The molecule has 2 heterocycles. The fraction of sp³-hybridized carbons (Fsp3) is 0.764. The maximum absolute atomic E-state index is 13.9. The van der Waals surface area contributed by atoms with Gasteiger partial charge in [-0.25, -0.2) is 4.79 Å². The van der Waals surface area contributed by atoms with E-state index in [2.05, 4.69) is 6.92 Å². The average Bonchev–Trinajstić information content (AvgIpc) is 3.51. The first-order valence-electron chi connectivity index (χ1n) is 26.0. The Morgan fingerprint density at radius 1 is 0.887 bits per heavy atom. The van der Waals surface area contributed by atoms with Crippen LogP contribution in [-0.4, -0.2) is 156 Å². The van der Waals surface area contributed by atoms with Crippen molar-refractivity contribution in [3.8, 4) is 0 Å². The molecule has 15 atom stereocenters. The van der Waals surface area contributed by atoms with Gasteiger partial charge in [-0.2, -0.15) is 0 Å². The van der Waals surface area contributed by atoms with Crippen molar-refractivity contribution in [3.05, 3.63) is 47.6 Å². The van der Waals surface area contributed by atoms with Crippen molar-refractivity contribution in [3.63, 3.8) is 0 Å². The summed E-state index contributed by atoms with van der Waals surface area (Å²) in [6, 6.07) is -1.09. The molecule has 3 fully saturated rings. The number of aliphatic hydroxyl groups is 4. The lowest BCUT2D eigenvalue weighted by atomic mass is 9.79. The number of ether oxygens (including phenoxy) is 5. The van der Waals surface area contributed by atoms with Crippen LogP contribution in [0.25, 0.3) is 0 Å². The van der Waals surface area contributed by atoms with Crippen LogP contribution in [0.3, 0.4) is 0 Å². The summed E-state index contributed by atoms with van der Waals surface area (Å²) in [7, 11) is 4.35. The number of ketones is 3. The van der Waals surface area contributed by atoms with Gasteiger partial charge in [-0.3, -0.25) is 19.2 Å². The summed E-state index contributed by atoms with van der Waals surface area (Å²) in [4.78, 5) is 67.2. The first kappa shape index (κ1) is 61.8. The van der Waals surface area contributed by atoms with Crippen LogP contribution in [0.15, 0.2) is 47.6 Å². The lowest BCUT2D eigenvalue weighted by Crippen LogP contribution is -2.59. The number of carbonyl (C=O) groups is 5. The molecule has 404 valence electrons. The summed E-state index contributed by atoms with van der Waals surface area (Å²) >= 11 is 0. The van der Waals surface area contributed by atoms with E-state index >= 15 is 0 Å². The zero-order valence-electron chi connectivity index (χ0n) is 44.3. The van der Waals surface area contributed by atoms with Crippen LogP contribution >= 0.6 is 0 Å². The van der Waals surface area contributed by atoms with E-state index in [4.69, 9.17) is 23.7 Å². The summed E-state index contributed by atoms with van der Waals surface area (Å²) < 4.78 is 29.1. The van der Waals surface area contributed by atoms with Crippen molar-refractivity contribution in [2.24, 2.45) is 41.4 Å². The number of carboxylic acid groups (broad SMARTS) is 1. The molecule has 71 heavy (non-hydrogen) atoms. The maximum atomic E-state index is 13.9. The SMILES string of the molecule is CO[C@@H]1C[C@H](C[C@@H](C)CCC(=O)[C@H](C)/C=C(\C)[C@@H](O)[C@@H](OC)C(=O)[C@H](C)C[C@H](C)/C=C/C=C/C=C(\C)C(C[C@H]2CC[C@@H](C)[C@](OC)(C(=O)C(=O)N3CCCC[C@H]3C(=O)O)OC2)OCC(O)CO)CC[C@H]1O. The van der Waals surface area contributed by atoms with Crippen LogP contribution in [0.1, 0.15) is 132 Å². The molecule has 16 nitrogen and oxygen atoms in total. The van der Waals surface area contributed by atoms with Crippen LogP contribution in [0.2, 0.25) is 0 Å². The minimum Gasteiger partial charge on any atom is -0.480 e. The third kappa shape index (κ3) is 18.5. The van der Waals surface area contributed by atoms with Gasteiger partial charge in [0.15, 0.2) is 5.78 Å². The number of likely N-dealkylation sites (tertiary alicyclic amines) is 1. The van der Waals surface area contributed by atoms with Crippen LogP contribution in [0.5, 0.6) is 0 Å². The first-order valence-corrected chi connectivity index (χ1v) is 26.0. The molecular formula is C55H89NO15. The number of aliphatic hydroxyl groups excluding tert-OH is 4. The fourth-order valence-electron chi connectivity index (χ4n) is 10.5. The van der Waals surface area contributed by atoms with E-state index in [-0.39, 0.29) is 55.7 Å². The molecule has 0 bridgehead atoms. The Kier molecular flexibility index (Phi) is 26.7. The summed E-state index contributed by atoms with van der Waals surface area (Å²) in [5.74, 6) is -5.79. The summed E-state index contributed by atoms with van der Waals surface area (Å²) in [6.07, 6.45) is 14.9.